The SMILES string of the molecule is C[C@H]1C(=O)CC[C@@H]2[C@]1(C)CC[C@H]1[C@@]2(C)CC[C@@]2(CO)[C@@H]3CC(C)(C)[C@H](O)C[C@]3(C)CC[C@]12C. The molecular formula is C30H50O3. The van der Waals surface area contributed by atoms with Crippen LogP contribution in [0.25, 0.3) is 0 Å². The molecule has 0 saturated heterocycles. The third-order valence-electron chi connectivity index (χ3n) is 13.8. The first kappa shape index (κ1) is 24.3. The van der Waals surface area contributed by atoms with Crippen molar-refractivity contribution >= 4 is 5.78 Å². The molecule has 0 amide bonds. The molecule has 0 radical (unpaired) electrons. The highest BCUT2D eigenvalue weighted by atomic mass is 16.3. The van der Waals surface area contributed by atoms with E-state index < -0.39 is 0 Å². The quantitative estimate of drug-likeness (QED) is 0.478. The number of rotatable bonds is 1. The highest BCUT2D eigenvalue weighted by molar-refractivity contribution is 5.82. The Morgan fingerprint density at radius 3 is 2.18 bits per heavy atom. The van der Waals surface area contributed by atoms with Gasteiger partial charge in [0.05, 0.1) is 6.10 Å². The lowest BCUT2D eigenvalue weighted by Gasteiger charge is -2.75. The van der Waals surface area contributed by atoms with Crippen molar-refractivity contribution < 1.29 is 15.0 Å². The average Bonchev–Trinajstić information content (AvgIpc) is 2.73. The van der Waals surface area contributed by atoms with Gasteiger partial charge < -0.3 is 10.2 Å². The van der Waals surface area contributed by atoms with Gasteiger partial charge in [0.15, 0.2) is 0 Å². The van der Waals surface area contributed by atoms with Gasteiger partial charge >= 0.3 is 0 Å². The fourth-order valence-electron chi connectivity index (χ4n) is 11.3. The van der Waals surface area contributed by atoms with Crippen molar-refractivity contribution in [2.45, 2.75) is 119 Å². The monoisotopic (exact) mass is 458 g/mol. The van der Waals surface area contributed by atoms with Crippen LogP contribution in [0.15, 0.2) is 0 Å². The molecule has 0 heterocycles. The number of hydrogen-bond donors (Lipinski definition) is 2. The van der Waals surface area contributed by atoms with Gasteiger partial charge in [-0.25, -0.2) is 0 Å². The second-order valence-corrected chi connectivity index (χ2v) is 15.2. The molecule has 33 heavy (non-hydrogen) atoms. The Balaban J connectivity index is 1.57. The second kappa shape index (κ2) is 7.09. The molecule has 0 aromatic heterocycles. The van der Waals surface area contributed by atoms with E-state index in [2.05, 4.69) is 48.5 Å². The number of carbonyl (C=O) groups is 1. The van der Waals surface area contributed by atoms with Crippen LogP contribution in [0.4, 0.5) is 0 Å². The van der Waals surface area contributed by atoms with E-state index >= 15 is 0 Å². The first-order valence-corrected chi connectivity index (χ1v) is 14.0. The number of Topliss-reactive ketones (excluding diaryl/α,β-unsaturated/α-hetero) is 1. The Hall–Kier alpha value is -0.410. The summed E-state index contributed by atoms with van der Waals surface area (Å²) in [7, 11) is 0. The lowest BCUT2D eigenvalue weighted by molar-refractivity contribution is -0.279. The van der Waals surface area contributed by atoms with Gasteiger partial charge in [-0.2, -0.15) is 0 Å². The normalized spacial score (nSPS) is 58.0. The van der Waals surface area contributed by atoms with Gasteiger partial charge in [0.2, 0.25) is 0 Å². The van der Waals surface area contributed by atoms with E-state index in [9.17, 15) is 15.0 Å². The van der Waals surface area contributed by atoms with Crippen LogP contribution in [-0.4, -0.2) is 28.7 Å². The summed E-state index contributed by atoms with van der Waals surface area (Å²) >= 11 is 0. The van der Waals surface area contributed by atoms with Gasteiger partial charge in [0.1, 0.15) is 5.78 Å². The number of aliphatic hydroxyl groups is 2. The Morgan fingerprint density at radius 2 is 1.52 bits per heavy atom. The number of carbonyl (C=O) groups excluding carboxylic acids is 1. The zero-order chi connectivity index (χ0) is 24.2. The molecule has 5 aliphatic carbocycles. The maximum atomic E-state index is 12.7. The molecule has 5 aliphatic rings. The molecule has 5 rings (SSSR count). The third-order valence-corrected chi connectivity index (χ3v) is 13.8. The van der Waals surface area contributed by atoms with Crippen molar-refractivity contribution in [1.82, 2.24) is 0 Å². The van der Waals surface area contributed by atoms with E-state index in [0.717, 1.165) is 38.5 Å². The van der Waals surface area contributed by atoms with Crippen LogP contribution in [0.1, 0.15) is 113 Å². The maximum Gasteiger partial charge on any atom is 0.136 e. The molecule has 3 nitrogen and oxygen atoms in total. The molecule has 5 fully saturated rings. The maximum absolute atomic E-state index is 12.7. The van der Waals surface area contributed by atoms with Crippen molar-refractivity contribution in [2.24, 2.45) is 56.2 Å². The lowest BCUT2D eigenvalue weighted by atomic mass is 9.29. The molecular weight excluding hydrogens is 408 g/mol. The van der Waals surface area contributed by atoms with Crippen molar-refractivity contribution in [3.63, 3.8) is 0 Å². The number of ketones is 1. The highest BCUT2D eigenvalue weighted by Crippen LogP contribution is 2.78. The second-order valence-electron chi connectivity index (χ2n) is 15.2. The van der Waals surface area contributed by atoms with Gasteiger partial charge in [0.25, 0.3) is 0 Å². The van der Waals surface area contributed by atoms with Gasteiger partial charge in [-0.05, 0) is 103 Å². The minimum atomic E-state index is -0.246. The number of fused-ring (bicyclic) bond motifs is 7. The van der Waals surface area contributed by atoms with Crippen molar-refractivity contribution in [2.75, 3.05) is 6.61 Å². The molecule has 0 unspecified atom stereocenters. The minimum Gasteiger partial charge on any atom is -0.396 e. The summed E-state index contributed by atoms with van der Waals surface area (Å²) in [6.07, 6.45) is 10.5. The predicted octanol–water partition coefficient (Wildman–Crippen LogP) is 6.40. The third kappa shape index (κ3) is 2.85. The van der Waals surface area contributed by atoms with Crippen molar-refractivity contribution in [3.05, 3.63) is 0 Å². The summed E-state index contributed by atoms with van der Waals surface area (Å²) in [6.45, 7) is 17.0. The van der Waals surface area contributed by atoms with Gasteiger partial charge in [-0.3, -0.25) is 4.79 Å². The zero-order valence-corrected chi connectivity index (χ0v) is 22.5. The number of hydrogen-bond acceptors (Lipinski definition) is 3. The largest absolute Gasteiger partial charge is 0.396 e. The fourth-order valence-corrected chi connectivity index (χ4v) is 11.3. The zero-order valence-electron chi connectivity index (χ0n) is 22.5. The molecule has 0 bridgehead atoms. The van der Waals surface area contributed by atoms with Crippen molar-refractivity contribution in [3.8, 4) is 0 Å². The molecule has 0 aliphatic heterocycles. The van der Waals surface area contributed by atoms with E-state index in [1.54, 1.807) is 0 Å². The molecule has 188 valence electrons. The molecule has 0 spiro atoms. The summed E-state index contributed by atoms with van der Waals surface area (Å²) in [6, 6.07) is 0. The highest BCUT2D eigenvalue weighted by Gasteiger charge is 2.72. The summed E-state index contributed by atoms with van der Waals surface area (Å²) in [5.41, 5.74) is 0.507. The summed E-state index contributed by atoms with van der Waals surface area (Å²) < 4.78 is 0. The van der Waals surface area contributed by atoms with E-state index in [1.165, 1.54) is 25.7 Å². The first-order chi connectivity index (χ1) is 15.2. The average molecular weight is 459 g/mol. The van der Waals surface area contributed by atoms with E-state index in [-0.39, 0.29) is 44.5 Å². The smallest absolute Gasteiger partial charge is 0.136 e. The fraction of sp³-hybridized carbons (Fsp3) is 0.967. The van der Waals surface area contributed by atoms with E-state index in [0.29, 0.717) is 30.1 Å². The van der Waals surface area contributed by atoms with Crippen LogP contribution in [0.5, 0.6) is 0 Å². The Morgan fingerprint density at radius 1 is 0.818 bits per heavy atom. The summed E-state index contributed by atoms with van der Waals surface area (Å²) in [5.74, 6) is 2.37. The molecule has 2 N–H and O–H groups in total. The summed E-state index contributed by atoms with van der Waals surface area (Å²) in [4.78, 5) is 12.7. The molecule has 0 aromatic rings. The van der Waals surface area contributed by atoms with Crippen LogP contribution in [0.3, 0.4) is 0 Å². The van der Waals surface area contributed by atoms with Crippen LogP contribution >= 0.6 is 0 Å². The molecule has 10 atom stereocenters. The van der Waals surface area contributed by atoms with Gasteiger partial charge in [-0.1, -0.05) is 48.5 Å². The Bertz CT molecular complexity index is 834. The van der Waals surface area contributed by atoms with Crippen LogP contribution < -0.4 is 0 Å². The summed E-state index contributed by atoms with van der Waals surface area (Å²) in [5, 5.41) is 22.3. The van der Waals surface area contributed by atoms with Crippen molar-refractivity contribution in [1.29, 1.82) is 0 Å². The predicted molar refractivity (Wildman–Crippen MR) is 133 cm³/mol. The molecule has 3 heteroatoms. The molecule has 0 aromatic carbocycles. The van der Waals surface area contributed by atoms with Crippen LogP contribution in [0.2, 0.25) is 0 Å². The standard InChI is InChI=1S/C30H50O3/c1-19-20(32)8-9-21-27(19,5)11-10-22-28(21,6)13-15-30(18-31)23-16-25(2,3)24(33)17-26(23,4)12-14-29(22,30)7/h19,21-24,31,33H,8-18H2,1-7H3/t19-,21+,22-,23+,24+,26-,27+,28-,29+,30+/m0/s1. The Labute approximate surface area is 202 Å². The molecule has 5 saturated carbocycles. The lowest BCUT2D eigenvalue weighted by Crippen LogP contribution is -2.70. The van der Waals surface area contributed by atoms with Gasteiger partial charge in [-0.15, -0.1) is 0 Å². The van der Waals surface area contributed by atoms with E-state index in [1.807, 2.05) is 0 Å². The van der Waals surface area contributed by atoms with Crippen LogP contribution in [0, 0.1) is 56.2 Å². The Kier molecular flexibility index (Phi) is 5.22. The number of aliphatic hydroxyl groups excluding tert-OH is 2. The van der Waals surface area contributed by atoms with Gasteiger partial charge in [0, 0.05) is 24.4 Å². The van der Waals surface area contributed by atoms with Crippen LogP contribution in [-0.2, 0) is 4.79 Å². The minimum absolute atomic E-state index is 0.0502. The first-order valence-electron chi connectivity index (χ1n) is 14.0. The topological polar surface area (TPSA) is 57.5 Å². The van der Waals surface area contributed by atoms with E-state index in [4.69, 9.17) is 0 Å².